The van der Waals surface area contributed by atoms with E-state index in [1.165, 1.54) is 17.1 Å². The maximum absolute atomic E-state index is 12.2. The van der Waals surface area contributed by atoms with Crippen molar-refractivity contribution in [3.05, 3.63) is 0 Å². The summed E-state index contributed by atoms with van der Waals surface area (Å²) in [7, 11) is -1.46. The van der Waals surface area contributed by atoms with Crippen LogP contribution in [-0.4, -0.2) is 56.9 Å². The van der Waals surface area contributed by atoms with Crippen molar-refractivity contribution >= 4 is 10.0 Å². The van der Waals surface area contributed by atoms with Crippen LogP contribution >= 0.6 is 0 Å². The highest BCUT2D eigenvalue weighted by Crippen LogP contribution is 2.21. The summed E-state index contributed by atoms with van der Waals surface area (Å²) in [6, 6.07) is 0.653. The molecule has 1 aliphatic carbocycles. The van der Waals surface area contributed by atoms with E-state index < -0.39 is 10.0 Å². The molecule has 0 aromatic carbocycles. The molecule has 1 saturated carbocycles. The lowest BCUT2D eigenvalue weighted by molar-refractivity contribution is 0.102. The first-order valence-electron chi connectivity index (χ1n) is 6.81. The topological polar surface area (TPSA) is 58.6 Å². The van der Waals surface area contributed by atoms with Gasteiger partial charge in [0.25, 0.3) is 0 Å². The van der Waals surface area contributed by atoms with Crippen LogP contribution < -0.4 is 5.32 Å². The highest BCUT2D eigenvalue weighted by molar-refractivity contribution is 7.89. The van der Waals surface area contributed by atoms with Gasteiger partial charge in [-0.05, 0) is 39.2 Å². The summed E-state index contributed by atoms with van der Waals surface area (Å²) in [6.45, 7) is 3.40. The van der Waals surface area contributed by atoms with Crippen molar-refractivity contribution in [3.63, 3.8) is 0 Å². The van der Waals surface area contributed by atoms with Crippen molar-refractivity contribution in [3.8, 4) is 0 Å². The predicted octanol–water partition coefficient (Wildman–Crippen LogP) is 0.568. The van der Waals surface area contributed by atoms with E-state index in [1.54, 1.807) is 7.05 Å². The predicted molar refractivity (Wildman–Crippen MR) is 71.0 cm³/mol. The molecule has 2 unspecified atom stereocenters. The quantitative estimate of drug-likeness (QED) is 0.691. The minimum absolute atomic E-state index is 0.00592. The van der Waals surface area contributed by atoms with Crippen LogP contribution in [0.1, 0.15) is 32.6 Å². The van der Waals surface area contributed by atoms with Crippen LogP contribution in [0.3, 0.4) is 0 Å². The van der Waals surface area contributed by atoms with Crippen LogP contribution in [0.15, 0.2) is 0 Å². The van der Waals surface area contributed by atoms with E-state index in [1.807, 2.05) is 6.92 Å². The van der Waals surface area contributed by atoms with E-state index in [-0.39, 0.29) is 17.9 Å². The van der Waals surface area contributed by atoms with Crippen molar-refractivity contribution < 1.29 is 13.2 Å². The van der Waals surface area contributed by atoms with Gasteiger partial charge in [0.1, 0.15) is 0 Å². The van der Waals surface area contributed by atoms with Gasteiger partial charge in [-0.25, -0.2) is 8.42 Å². The third-order valence-electron chi connectivity index (χ3n) is 3.83. The summed E-state index contributed by atoms with van der Waals surface area (Å²) in [5, 5.41) is 3.34. The molecule has 0 spiro atoms. The maximum atomic E-state index is 12.2. The first-order chi connectivity index (χ1) is 8.50. The second-order valence-electron chi connectivity index (χ2n) is 5.35. The first kappa shape index (κ1) is 14.2. The van der Waals surface area contributed by atoms with Crippen LogP contribution in [0.2, 0.25) is 0 Å². The van der Waals surface area contributed by atoms with Gasteiger partial charge in [0.05, 0.1) is 17.9 Å². The summed E-state index contributed by atoms with van der Waals surface area (Å²) in [4.78, 5) is 0. The highest BCUT2D eigenvalue weighted by Gasteiger charge is 2.34. The van der Waals surface area contributed by atoms with Crippen LogP contribution in [0, 0.1) is 0 Å². The van der Waals surface area contributed by atoms with Crippen LogP contribution in [0.5, 0.6) is 0 Å². The number of rotatable bonds is 7. The number of likely N-dealkylation sites (N-methyl/N-ethyl adjacent to an activating group) is 1. The van der Waals surface area contributed by atoms with Gasteiger partial charge >= 0.3 is 0 Å². The zero-order valence-corrected chi connectivity index (χ0v) is 12.1. The van der Waals surface area contributed by atoms with E-state index >= 15 is 0 Å². The fourth-order valence-electron chi connectivity index (χ4n) is 2.40. The third-order valence-corrected chi connectivity index (χ3v) is 5.78. The van der Waals surface area contributed by atoms with E-state index in [2.05, 4.69) is 5.32 Å². The maximum Gasteiger partial charge on any atom is 0.214 e. The Hall–Kier alpha value is -0.170. The number of sulfonamides is 1. The molecule has 0 amide bonds. The van der Waals surface area contributed by atoms with Crippen molar-refractivity contribution in [2.75, 3.05) is 26.0 Å². The molecular formula is C12H24N2O3S. The summed E-state index contributed by atoms with van der Waals surface area (Å²) < 4.78 is 31.3. The van der Waals surface area contributed by atoms with E-state index in [0.29, 0.717) is 19.1 Å². The van der Waals surface area contributed by atoms with Crippen LogP contribution in [0.25, 0.3) is 0 Å². The van der Waals surface area contributed by atoms with Gasteiger partial charge in [-0.1, -0.05) is 0 Å². The summed E-state index contributed by atoms with van der Waals surface area (Å²) in [5.74, 6) is 0.229. The van der Waals surface area contributed by atoms with Gasteiger partial charge in [-0.3, -0.25) is 0 Å². The number of ether oxygens (including phenoxy) is 1. The zero-order chi connectivity index (χ0) is 13.2. The molecule has 1 aliphatic heterocycles. The highest BCUT2D eigenvalue weighted by atomic mass is 32.2. The van der Waals surface area contributed by atoms with E-state index in [9.17, 15) is 8.42 Å². The molecule has 1 heterocycles. The van der Waals surface area contributed by atoms with Crippen molar-refractivity contribution in [1.29, 1.82) is 0 Å². The van der Waals surface area contributed by atoms with Crippen molar-refractivity contribution in [1.82, 2.24) is 9.62 Å². The molecule has 18 heavy (non-hydrogen) atoms. The number of nitrogens with one attached hydrogen (secondary N) is 1. The Morgan fingerprint density at radius 3 is 2.61 bits per heavy atom. The molecule has 1 N–H and O–H groups in total. The molecule has 2 fully saturated rings. The Kier molecular flexibility index (Phi) is 4.64. The Labute approximate surface area is 110 Å². The van der Waals surface area contributed by atoms with Crippen molar-refractivity contribution in [2.45, 2.75) is 50.8 Å². The van der Waals surface area contributed by atoms with Gasteiger partial charge in [0.15, 0.2) is 0 Å². The summed E-state index contributed by atoms with van der Waals surface area (Å²) >= 11 is 0. The lowest BCUT2D eigenvalue weighted by Crippen LogP contribution is -2.42. The molecule has 1 saturated heterocycles. The zero-order valence-electron chi connectivity index (χ0n) is 11.3. The first-order valence-corrected chi connectivity index (χ1v) is 8.42. The van der Waals surface area contributed by atoms with Gasteiger partial charge < -0.3 is 10.1 Å². The van der Waals surface area contributed by atoms with Crippen LogP contribution in [-0.2, 0) is 14.8 Å². The number of hydrogen-bond acceptors (Lipinski definition) is 4. The molecular weight excluding hydrogens is 252 g/mol. The molecule has 5 nitrogen and oxygen atoms in total. The molecule has 0 aromatic rings. The fraction of sp³-hybridized carbons (Fsp3) is 1.00. The average molecular weight is 276 g/mol. The molecule has 2 rings (SSSR count). The largest absolute Gasteiger partial charge is 0.377 e. The SMILES string of the molecule is CC1OCCC1N(C)S(=O)(=O)CCCNC1CC1. The lowest BCUT2D eigenvalue weighted by atomic mass is 10.2. The summed E-state index contributed by atoms with van der Waals surface area (Å²) in [6.07, 6.45) is 3.98. The molecule has 0 radical (unpaired) electrons. The monoisotopic (exact) mass is 276 g/mol. The van der Waals surface area contributed by atoms with Gasteiger partial charge in [0, 0.05) is 19.7 Å². The van der Waals surface area contributed by atoms with E-state index in [4.69, 9.17) is 4.74 Å². The molecule has 2 atom stereocenters. The molecule has 6 heteroatoms. The number of hydrogen-bond donors (Lipinski definition) is 1. The summed E-state index contributed by atoms with van der Waals surface area (Å²) in [5.41, 5.74) is 0. The Morgan fingerprint density at radius 2 is 2.06 bits per heavy atom. The Bertz CT molecular complexity index is 368. The molecule has 2 aliphatic rings. The molecule has 0 aromatic heterocycles. The van der Waals surface area contributed by atoms with Gasteiger partial charge in [-0.15, -0.1) is 0 Å². The Balaban J connectivity index is 1.76. The second-order valence-corrected chi connectivity index (χ2v) is 7.49. The van der Waals surface area contributed by atoms with E-state index in [0.717, 1.165) is 13.0 Å². The molecule has 106 valence electrons. The third kappa shape index (κ3) is 3.66. The number of nitrogens with zero attached hydrogens (tertiary/aromatic N) is 1. The fourth-order valence-corrected chi connectivity index (χ4v) is 3.88. The normalized spacial score (nSPS) is 29.1. The van der Waals surface area contributed by atoms with Crippen molar-refractivity contribution in [2.24, 2.45) is 0 Å². The van der Waals surface area contributed by atoms with Crippen LogP contribution in [0.4, 0.5) is 0 Å². The smallest absolute Gasteiger partial charge is 0.214 e. The second kappa shape index (κ2) is 5.86. The minimum atomic E-state index is -3.14. The standard InChI is InChI=1S/C12H24N2O3S/c1-10-12(6-8-17-10)14(2)18(15,16)9-3-7-13-11-4-5-11/h10-13H,3-9H2,1-2H3. The lowest BCUT2D eigenvalue weighted by Gasteiger charge is -2.26. The van der Waals surface area contributed by atoms with Gasteiger partial charge in [0.2, 0.25) is 10.0 Å². The average Bonchev–Trinajstić information content (AvgIpc) is 3.05. The van der Waals surface area contributed by atoms with Gasteiger partial charge in [-0.2, -0.15) is 4.31 Å². The minimum Gasteiger partial charge on any atom is -0.377 e. The molecule has 0 bridgehead atoms. The Morgan fingerprint density at radius 1 is 1.33 bits per heavy atom.